The molecule has 0 amide bonds. The predicted octanol–water partition coefficient (Wildman–Crippen LogP) is 3.94. The van der Waals surface area contributed by atoms with Crippen molar-refractivity contribution in [3.63, 3.8) is 0 Å². The van der Waals surface area contributed by atoms with Crippen molar-refractivity contribution < 1.29 is 9.47 Å². The molecule has 1 unspecified atom stereocenters. The zero-order valence-electron chi connectivity index (χ0n) is 13.8. The van der Waals surface area contributed by atoms with Crippen molar-refractivity contribution in [2.45, 2.75) is 52.2 Å². The molecule has 1 N–H and O–H groups in total. The van der Waals surface area contributed by atoms with Crippen LogP contribution in [0.2, 0.25) is 0 Å². The van der Waals surface area contributed by atoms with Crippen LogP contribution in [0.15, 0.2) is 24.3 Å². The molecule has 1 atom stereocenters. The highest BCUT2D eigenvalue weighted by atomic mass is 16.5. The summed E-state index contributed by atoms with van der Waals surface area (Å²) in [7, 11) is 1.78. The Labute approximate surface area is 129 Å². The van der Waals surface area contributed by atoms with Crippen LogP contribution >= 0.6 is 0 Å². The van der Waals surface area contributed by atoms with E-state index in [2.05, 4.69) is 36.5 Å². The molecule has 0 spiro atoms. The maximum absolute atomic E-state index is 5.68. The van der Waals surface area contributed by atoms with E-state index >= 15 is 0 Å². The summed E-state index contributed by atoms with van der Waals surface area (Å²) >= 11 is 0. The first-order valence-corrected chi connectivity index (χ1v) is 8.04. The van der Waals surface area contributed by atoms with Crippen molar-refractivity contribution in [3.05, 3.63) is 29.8 Å². The molecule has 1 aliphatic rings. The van der Waals surface area contributed by atoms with Crippen LogP contribution in [0, 0.1) is 5.41 Å². The second kappa shape index (κ2) is 7.28. The molecule has 1 aromatic rings. The molecule has 0 bridgehead atoms. The van der Waals surface area contributed by atoms with Gasteiger partial charge in [-0.25, -0.2) is 0 Å². The summed E-state index contributed by atoms with van der Waals surface area (Å²) in [4.78, 5) is 0. The van der Waals surface area contributed by atoms with E-state index in [1.807, 2.05) is 13.8 Å². The molecule has 0 radical (unpaired) electrons. The highest BCUT2D eigenvalue weighted by Crippen LogP contribution is 2.48. The summed E-state index contributed by atoms with van der Waals surface area (Å²) < 4.78 is 10.9. The van der Waals surface area contributed by atoms with E-state index in [9.17, 15) is 0 Å². The van der Waals surface area contributed by atoms with Crippen LogP contribution in [-0.2, 0) is 4.74 Å². The van der Waals surface area contributed by atoms with Gasteiger partial charge in [-0.3, -0.25) is 0 Å². The summed E-state index contributed by atoms with van der Waals surface area (Å²) in [5.74, 6) is 0.944. The van der Waals surface area contributed by atoms with E-state index in [0.717, 1.165) is 18.9 Å². The Balaban J connectivity index is 1.81. The largest absolute Gasteiger partial charge is 0.491 e. The Kier molecular flexibility index (Phi) is 5.65. The van der Waals surface area contributed by atoms with E-state index < -0.39 is 0 Å². The van der Waals surface area contributed by atoms with Crippen molar-refractivity contribution in [1.29, 1.82) is 0 Å². The number of rotatable bonds is 9. The molecule has 3 nitrogen and oxygen atoms in total. The molecule has 0 aromatic heterocycles. The molecule has 1 fully saturated rings. The van der Waals surface area contributed by atoms with E-state index in [0.29, 0.717) is 11.5 Å². The number of hydrogen-bond acceptors (Lipinski definition) is 3. The molecule has 0 saturated heterocycles. The minimum atomic E-state index is 0.224. The molecule has 1 aliphatic carbocycles. The first kappa shape index (κ1) is 16.3. The van der Waals surface area contributed by atoms with Gasteiger partial charge in [0.2, 0.25) is 0 Å². The van der Waals surface area contributed by atoms with Crippen molar-refractivity contribution in [2.24, 2.45) is 5.41 Å². The molecular formula is C18H29NO2. The van der Waals surface area contributed by atoms with Crippen molar-refractivity contribution in [3.8, 4) is 5.75 Å². The Hall–Kier alpha value is -1.06. The first-order chi connectivity index (χ1) is 10.0. The normalized spacial score (nSPS) is 17.8. The van der Waals surface area contributed by atoms with Gasteiger partial charge in [-0.05, 0) is 63.1 Å². The first-order valence-electron chi connectivity index (χ1n) is 8.04. The fourth-order valence-electron chi connectivity index (χ4n) is 2.61. The second-order valence-electron chi connectivity index (χ2n) is 6.58. The van der Waals surface area contributed by atoms with Crippen LogP contribution in [0.1, 0.15) is 51.6 Å². The summed E-state index contributed by atoms with van der Waals surface area (Å²) in [6.07, 6.45) is 4.06. The molecular weight excluding hydrogens is 262 g/mol. The molecule has 0 aliphatic heterocycles. The summed E-state index contributed by atoms with van der Waals surface area (Å²) in [5.41, 5.74) is 1.80. The van der Waals surface area contributed by atoms with Crippen LogP contribution in [0.4, 0.5) is 0 Å². The number of hydrogen-bond donors (Lipinski definition) is 1. The maximum atomic E-state index is 5.68. The zero-order chi connectivity index (χ0) is 15.3. The zero-order valence-corrected chi connectivity index (χ0v) is 13.8. The van der Waals surface area contributed by atoms with Crippen LogP contribution in [-0.4, -0.2) is 26.4 Å². The Morgan fingerprint density at radius 1 is 1.14 bits per heavy atom. The summed E-state index contributed by atoms with van der Waals surface area (Å²) in [5, 5.41) is 3.67. The van der Waals surface area contributed by atoms with Crippen LogP contribution in [0.5, 0.6) is 5.75 Å². The molecule has 2 rings (SSSR count). The lowest BCUT2D eigenvalue weighted by atomic mass is 10.0. The average Bonchev–Trinajstić information content (AvgIpc) is 3.23. The highest BCUT2D eigenvalue weighted by molar-refractivity contribution is 5.29. The summed E-state index contributed by atoms with van der Waals surface area (Å²) in [6, 6.07) is 8.81. The topological polar surface area (TPSA) is 30.5 Å². The van der Waals surface area contributed by atoms with Crippen molar-refractivity contribution in [1.82, 2.24) is 5.32 Å². The minimum absolute atomic E-state index is 0.224. The van der Waals surface area contributed by atoms with E-state index in [4.69, 9.17) is 9.47 Å². The van der Waals surface area contributed by atoms with Crippen LogP contribution < -0.4 is 10.1 Å². The molecule has 118 valence electrons. The SMILES string of the molecule is COCCC1(CNC(C)c2ccc(OC(C)C)cc2)CC1. The van der Waals surface area contributed by atoms with E-state index in [1.165, 1.54) is 24.8 Å². The van der Waals surface area contributed by atoms with E-state index in [-0.39, 0.29) is 6.10 Å². The monoisotopic (exact) mass is 291 g/mol. The third-order valence-corrected chi connectivity index (χ3v) is 4.33. The average molecular weight is 291 g/mol. The fourth-order valence-corrected chi connectivity index (χ4v) is 2.61. The lowest BCUT2D eigenvalue weighted by Gasteiger charge is -2.20. The summed E-state index contributed by atoms with van der Waals surface area (Å²) in [6.45, 7) is 8.28. The van der Waals surface area contributed by atoms with Crippen molar-refractivity contribution in [2.75, 3.05) is 20.3 Å². The van der Waals surface area contributed by atoms with Crippen LogP contribution in [0.3, 0.4) is 0 Å². The Morgan fingerprint density at radius 3 is 2.33 bits per heavy atom. The third-order valence-electron chi connectivity index (χ3n) is 4.33. The van der Waals surface area contributed by atoms with Gasteiger partial charge in [0.25, 0.3) is 0 Å². The third kappa shape index (κ3) is 5.01. The molecule has 1 aromatic carbocycles. The number of benzene rings is 1. The van der Waals surface area contributed by atoms with Gasteiger partial charge in [-0.1, -0.05) is 12.1 Å². The lowest BCUT2D eigenvalue weighted by Crippen LogP contribution is -2.27. The van der Waals surface area contributed by atoms with Gasteiger partial charge < -0.3 is 14.8 Å². The van der Waals surface area contributed by atoms with Gasteiger partial charge in [0, 0.05) is 26.3 Å². The second-order valence-corrected chi connectivity index (χ2v) is 6.58. The standard InChI is InChI=1S/C18H29NO2/c1-14(2)21-17-7-5-16(6-8-17)15(3)19-13-18(9-10-18)11-12-20-4/h5-8,14-15,19H,9-13H2,1-4H3. The predicted molar refractivity (Wildman–Crippen MR) is 86.8 cm³/mol. The number of methoxy groups -OCH3 is 1. The number of nitrogens with one attached hydrogen (secondary N) is 1. The van der Waals surface area contributed by atoms with Gasteiger partial charge in [-0.15, -0.1) is 0 Å². The fraction of sp³-hybridized carbons (Fsp3) is 0.667. The molecule has 21 heavy (non-hydrogen) atoms. The molecule has 0 heterocycles. The Morgan fingerprint density at radius 2 is 1.81 bits per heavy atom. The minimum Gasteiger partial charge on any atom is -0.491 e. The van der Waals surface area contributed by atoms with Gasteiger partial charge in [-0.2, -0.15) is 0 Å². The quantitative estimate of drug-likeness (QED) is 0.747. The van der Waals surface area contributed by atoms with Crippen molar-refractivity contribution >= 4 is 0 Å². The highest BCUT2D eigenvalue weighted by Gasteiger charge is 2.41. The van der Waals surface area contributed by atoms with E-state index in [1.54, 1.807) is 7.11 Å². The lowest BCUT2D eigenvalue weighted by molar-refractivity contribution is 0.170. The number of ether oxygens (including phenoxy) is 2. The molecule has 3 heteroatoms. The maximum Gasteiger partial charge on any atom is 0.119 e. The van der Waals surface area contributed by atoms with Gasteiger partial charge >= 0.3 is 0 Å². The van der Waals surface area contributed by atoms with Crippen LogP contribution in [0.25, 0.3) is 0 Å². The van der Waals surface area contributed by atoms with Gasteiger partial charge in [0.1, 0.15) is 5.75 Å². The molecule has 1 saturated carbocycles. The Bertz CT molecular complexity index is 423. The van der Waals surface area contributed by atoms with Gasteiger partial charge in [0.15, 0.2) is 0 Å². The van der Waals surface area contributed by atoms with Gasteiger partial charge in [0.05, 0.1) is 6.10 Å². The smallest absolute Gasteiger partial charge is 0.119 e.